The lowest BCUT2D eigenvalue weighted by Gasteiger charge is -2.29. The molecule has 4 aromatic rings. The second-order valence-corrected chi connectivity index (χ2v) is 9.88. The van der Waals surface area contributed by atoms with Gasteiger partial charge in [-0.3, -0.25) is 4.79 Å². The number of hydrogen-bond donors (Lipinski definition) is 1. The summed E-state index contributed by atoms with van der Waals surface area (Å²) in [5.74, 6) is -0.922. The van der Waals surface area contributed by atoms with Gasteiger partial charge in [0.2, 0.25) is 5.91 Å². The van der Waals surface area contributed by atoms with Crippen LogP contribution in [0.15, 0.2) is 48.0 Å². The van der Waals surface area contributed by atoms with Crippen LogP contribution in [0.2, 0.25) is 4.34 Å². The monoisotopic (exact) mass is 479 g/mol. The van der Waals surface area contributed by atoms with Gasteiger partial charge in [0.25, 0.3) is 0 Å². The third kappa shape index (κ3) is 4.14. The minimum atomic E-state index is -0.956. The van der Waals surface area contributed by atoms with Crippen LogP contribution in [0.3, 0.4) is 0 Å². The number of rotatable bonds is 5. The van der Waals surface area contributed by atoms with Crippen molar-refractivity contribution < 1.29 is 14.7 Å². The third-order valence-corrected chi connectivity index (χ3v) is 7.35. The molecule has 8 heteroatoms. The fraction of sp³-hybridized carbons (Fsp3) is 0.240. The molecular weight excluding hydrogens is 458 g/mol. The number of pyridine rings is 1. The summed E-state index contributed by atoms with van der Waals surface area (Å²) in [4.78, 5) is 31.0. The molecular formula is C25H22ClN3O3S. The Hall–Kier alpha value is -3.16. The average Bonchev–Trinajstić information content (AvgIpc) is 3.34. The van der Waals surface area contributed by atoms with Crippen LogP contribution in [0.25, 0.3) is 11.0 Å². The van der Waals surface area contributed by atoms with Gasteiger partial charge in [0.15, 0.2) is 0 Å². The molecule has 1 aliphatic rings. The number of amides is 1. The van der Waals surface area contributed by atoms with Crippen molar-refractivity contribution in [1.82, 2.24) is 14.5 Å². The fourth-order valence-electron chi connectivity index (χ4n) is 4.62. The van der Waals surface area contributed by atoms with Crippen LogP contribution in [-0.2, 0) is 30.7 Å². The number of thiophene rings is 1. The number of nitrogens with zero attached hydrogens (tertiary/aromatic N) is 3. The second-order valence-electron chi connectivity index (χ2n) is 8.34. The number of hydrogen-bond acceptors (Lipinski definition) is 4. The van der Waals surface area contributed by atoms with Gasteiger partial charge in [-0.2, -0.15) is 0 Å². The van der Waals surface area contributed by atoms with E-state index in [0.717, 1.165) is 38.6 Å². The first-order valence-electron chi connectivity index (χ1n) is 10.7. The molecule has 0 saturated heterocycles. The van der Waals surface area contributed by atoms with E-state index in [1.165, 1.54) is 16.9 Å². The van der Waals surface area contributed by atoms with Crippen LogP contribution in [0, 0.1) is 6.92 Å². The predicted octanol–water partition coefficient (Wildman–Crippen LogP) is 4.93. The van der Waals surface area contributed by atoms with Gasteiger partial charge < -0.3 is 14.6 Å². The maximum atomic E-state index is 13.2. The number of halogens is 1. The zero-order valence-electron chi connectivity index (χ0n) is 18.0. The van der Waals surface area contributed by atoms with Crippen molar-refractivity contribution in [3.63, 3.8) is 0 Å². The Morgan fingerprint density at radius 3 is 2.79 bits per heavy atom. The van der Waals surface area contributed by atoms with Crippen LogP contribution in [-0.4, -0.2) is 38.0 Å². The van der Waals surface area contributed by atoms with Crippen molar-refractivity contribution >= 4 is 45.8 Å². The van der Waals surface area contributed by atoms with Crippen molar-refractivity contribution in [3.8, 4) is 0 Å². The highest BCUT2D eigenvalue weighted by atomic mass is 35.5. The quantitative estimate of drug-likeness (QED) is 0.440. The van der Waals surface area contributed by atoms with E-state index in [9.17, 15) is 14.7 Å². The van der Waals surface area contributed by atoms with Gasteiger partial charge in [0.05, 0.1) is 29.4 Å². The maximum absolute atomic E-state index is 13.2. The molecule has 3 aromatic heterocycles. The molecule has 0 spiro atoms. The normalized spacial score (nSPS) is 13.3. The molecule has 33 heavy (non-hydrogen) atoms. The van der Waals surface area contributed by atoms with E-state index in [4.69, 9.17) is 11.6 Å². The Morgan fingerprint density at radius 1 is 1.21 bits per heavy atom. The topological polar surface area (TPSA) is 75.4 Å². The van der Waals surface area contributed by atoms with Crippen molar-refractivity contribution in [3.05, 3.63) is 85.8 Å². The Morgan fingerprint density at radius 2 is 2.06 bits per heavy atom. The van der Waals surface area contributed by atoms with Gasteiger partial charge in [0.1, 0.15) is 5.65 Å². The van der Waals surface area contributed by atoms with Crippen LogP contribution < -0.4 is 0 Å². The fourth-order valence-corrected chi connectivity index (χ4v) is 5.52. The number of aromatic carboxylic acids is 1. The number of aromatic nitrogens is 2. The Bertz CT molecular complexity index is 1390. The number of carboxylic acid groups (broad SMARTS) is 1. The number of benzene rings is 1. The van der Waals surface area contributed by atoms with E-state index in [-0.39, 0.29) is 17.9 Å². The van der Waals surface area contributed by atoms with Gasteiger partial charge >= 0.3 is 5.97 Å². The largest absolute Gasteiger partial charge is 0.478 e. The van der Waals surface area contributed by atoms with Crippen LogP contribution in [0.5, 0.6) is 0 Å². The van der Waals surface area contributed by atoms with Gasteiger partial charge in [-0.1, -0.05) is 23.7 Å². The molecule has 6 nitrogen and oxygen atoms in total. The number of carboxylic acids is 1. The summed E-state index contributed by atoms with van der Waals surface area (Å²) >= 11 is 7.66. The molecule has 0 aliphatic carbocycles. The van der Waals surface area contributed by atoms with E-state index in [1.54, 1.807) is 31.3 Å². The highest BCUT2D eigenvalue weighted by Gasteiger charge is 2.27. The van der Waals surface area contributed by atoms with Crippen LogP contribution >= 0.6 is 22.9 Å². The summed E-state index contributed by atoms with van der Waals surface area (Å²) in [7, 11) is 0. The molecule has 1 N–H and O–H groups in total. The average molecular weight is 480 g/mol. The molecule has 1 amide bonds. The molecule has 0 saturated carbocycles. The lowest BCUT2D eigenvalue weighted by Crippen LogP contribution is -2.37. The number of carbonyl (C=O) groups is 2. The Kier molecular flexibility index (Phi) is 5.68. The summed E-state index contributed by atoms with van der Waals surface area (Å²) in [6.45, 7) is 3.58. The molecule has 168 valence electrons. The Balaban J connectivity index is 1.42. The van der Waals surface area contributed by atoms with E-state index in [0.29, 0.717) is 25.2 Å². The summed E-state index contributed by atoms with van der Waals surface area (Å²) in [5, 5.41) is 12.4. The standard InChI is InChI=1S/C25H22ClN3O3S/c1-15-9-16(4-5-18(15)25(31)32)11-23(30)28-8-6-19-20-3-2-7-27-24(20)29(21(19)13-28)12-17-10-22(26)33-14-17/h2-5,7,9-10,14H,6,8,11-13H2,1H3,(H,31,32). The zero-order chi connectivity index (χ0) is 23.1. The Labute approximate surface area is 200 Å². The van der Waals surface area contributed by atoms with Gasteiger partial charge in [0, 0.05) is 23.8 Å². The van der Waals surface area contributed by atoms with Crippen molar-refractivity contribution in [2.24, 2.45) is 0 Å². The minimum Gasteiger partial charge on any atom is -0.478 e. The lowest BCUT2D eigenvalue weighted by molar-refractivity contribution is -0.131. The van der Waals surface area contributed by atoms with Gasteiger partial charge in [-0.25, -0.2) is 9.78 Å². The number of carbonyl (C=O) groups excluding carboxylic acids is 1. The zero-order valence-corrected chi connectivity index (χ0v) is 19.6. The summed E-state index contributed by atoms with van der Waals surface area (Å²) in [5.41, 5.74) is 6.16. The lowest BCUT2D eigenvalue weighted by atomic mass is 10.0. The molecule has 0 radical (unpaired) electrons. The molecule has 1 aromatic carbocycles. The molecule has 5 rings (SSSR count). The summed E-state index contributed by atoms with van der Waals surface area (Å²) in [6.07, 6.45) is 2.82. The molecule has 0 bridgehead atoms. The number of fused-ring (bicyclic) bond motifs is 3. The van der Waals surface area contributed by atoms with E-state index in [1.807, 2.05) is 17.0 Å². The van der Waals surface area contributed by atoms with Crippen molar-refractivity contribution in [1.29, 1.82) is 0 Å². The van der Waals surface area contributed by atoms with Gasteiger partial charge in [-0.05, 0) is 65.2 Å². The van der Waals surface area contributed by atoms with Crippen molar-refractivity contribution in [2.75, 3.05) is 6.54 Å². The molecule has 0 atom stereocenters. The maximum Gasteiger partial charge on any atom is 0.335 e. The van der Waals surface area contributed by atoms with E-state index in [2.05, 4.69) is 21.0 Å². The number of aryl methyl sites for hydroxylation is 1. The molecule has 0 unspecified atom stereocenters. The third-order valence-electron chi connectivity index (χ3n) is 6.21. The minimum absolute atomic E-state index is 0.0338. The van der Waals surface area contributed by atoms with E-state index < -0.39 is 5.97 Å². The summed E-state index contributed by atoms with van der Waals surface area (Å²) < 4.78 is 2.96. The first-order valence-corrected chi connectivity index (χ1v) is 11.9. The van der Waals surface area contributed by atoms with Crippen molar-refractivity contribution in [2.45, 2.75) is 32.9 Å². The first kappa shape index (κ1) is 21.7. The van der Waals surface area contributed by atoms with Crippen LogP contribution in [0.1, 0.15) is 38.3 Å². The molecule has 4 heterocycles. The highest BCUT2D eigenvalue weighted by Crippen LogP contribution is 2.32. The molecule has 1 aliphatic heterocycles. The second kappa shape index (κ2) is 8.65. The van der Waals surface area contributed by atoms with Crippen LogP contribution in [0.4, 0.5) is 0 Å². The van der Waals surface area contributed by atoms with E-state index >= 15 is 0 Å². The highest BCUT2D eigenvalue weighted by molar-refractivity contribution is 7.14. The SMILES string of the molecule is Cc1cc(CC(=O)N2CCc3c(n(Cc4csc(Cl)c4)c4ncccc34)C2)ccc1C(=O)O. The molecule has 0 fully saturated rings. The predicted molar refractivity (Wildman–Crippen MR) is 129 cm³/mol. The summed E-state index contributed by atoms with van der Waals surface area (Å²) in [6, 6.07) is 11.1. The first-order chi connectivity index (χ1) is 15.9. The van der Waals surface area contributed by atoms with Gasteiger partial charge in [-0.15, -0.1) is 11.3 Å². The smallest absolute Gasteiger partial charge is 0.335 e.